The zero-order chi connectivity index (χ0) is 26.2. The summed E-state index contributed by atoms with van der Waals surface area (Å²) in [6, 6.07) is 3.50. The topological polar surface area (TPSA) is 102 Å². The van der Waals surface area contributed by atoms with Gasteiger partial charge in [0, 0.05) is 44.0 Å². The van der Waals surface area contributed by atoms with E-state index in [1.54, 1.807) is 46.5 Å². The van der Waals surface area contributed by atoms with Crippen molar-refractivity contribution in [2.24, 2.45) is 0 Å². The van der Waals surface area contributed by atoms with Gasteiger partial charge >= 0.3 is 6.09 Å². The number of carbonyl (C=O) groups excluding carboxylic acids is 1. The Kier molecular flexibility index (Phi) is 6.45. The standard InChI is InChI=1S/C26H29FN8O2/c1-17-10-19(24(27)30-12-17)20-11-21-18(13-29-20)14-31-35(21)23-16-28-15-22(32-23)33-6-5-7-34(9-8-33)25(36)37-26(2,3)4/h10-16H,5-9H2,1-4H3. The van der Waals surface area contributed by atoms with Gasteiger partial charge in [-0.15, -0.1) is 0 Å². The Hall–Kier alpha value is -4.15. The molecule has 0 saturated carbocycles. The van der Waals surface area contributed by atoms with Gasteiger partial charge in [0.1, 0.15) is 11.4 Å². The summed E-state index contributed by atoms with van der Waals surface area (Å²) in [7, 11) is 0. The lowest BCUT2D eigenvalue weighted by atomic mass is 10.1. The number of rotatable bonds is 3. The van der Waals surface area contributed by atoms with Crippen molar-refractivity contribution in [3.63, 3.8) is 0 Å². The van der Waals surface area contributed by atoms with Crippen molar-refractivity contribution < 1.29 is 13.9 Å². The number of ether oxygens (including phenoxy) is 1. The fourth-order valence-corrected chi connectivity index (χ4v) is 4.24. The summed E-state index contributed by atoms with van der Waals surface area (Å²) in [5.74, 6) is 0.642. The highest BCUT2D eigenvalue weighted by atomic mass is 19.1. The SMILES string of the molecule is Cc1cnc(F)c(-c2cc3c(cn2)cnn3-c2cncc(N3CCCN(C(=O)OC(C)(C)C)CC3)n2)c1. The van der Waals surface area contributed by atoms with Gasteiger partial charge < -0.3 is 14.5 Å². The Balaban J connectivity index is 1.40. The lowest BCUT2D eigenvalue weighted by molar-refractivity contribution is 0.0263. The van der Waals surface area contributed by atoms with Crippen LogP contribution in [0.1, 0.15) is 32.8 Å². The van der Waals surface area contributed by atoms with Crippen LogP contribution in [0.3, 0.4) is 0 Å². The number of carbonyl (C=O) groups is 1. The number of hydrogen-bond acceptors (Lipinski definition) is 8. The smallest absolute Gasteiger partial charge is 0.410 e. The molecule has 5 rings (SSSR count). The van der Waals surface area contributed by atoms with Crippen molar-refractivity contribution >= 4 is 22.8 Å². The number of anilines is 1. The monoisotopic (exact) mass is 504 g/mol. The number of amides is 1. The van der Waals surface area contributed by atoms with Crippen LogP contribution in [0, 0.1) is 12.9 Å². The van der Waals surface area contributed by atoms with Crippen LogP contribution >= 0.6 is 0 Å². The van der Waals surface area contributed by atoms with E-state index in [0.29, 0.717) is 42.5 Å². The molecule has 1 fully saturated rings. The van der Waals surface area contributed by atoms with Crippen molar-refractivity contribution in [3.8, 4) is 17.1 Å². The van der Waals surface area contributed by atoms with Crippen molar-refractivity contribution in [1.82, 2.24) is 34.6 Å². The predicted molar refractivity (Wildman–Crippen MR) is 137 cm³/mol. The van der Waals surface area contributed by atoms with Crippen molar-refractivity contribution in [2.75, 3.05) is 31.1 Å². The number of nitrogens with zero attached hydrogens (tertiary/aromatic N) is 8. The fourth-order valence-electron chi connectivity index (χ4n) is 4.24. The summed E-state index contributed by atoms with van der Waals surface area (Å²) in [6.45, 7) is 9.91. The van der Waals surface area contributed by atoms with Crippen LogP contribution in [0.5, 0.6) is 0 Å². The summed E-state index contributed by atoms with van der Waals surface area (Å²) in [5.41, 5.74) is 1.82. The first-order chi connectivity index (χ1) is 17.7. The van der Waals surface area contributed by atoms with Crippen LogP contribution in [0.4, 0.5) is 15.0 Å². The van der Waals surface area contributed by atoms with Gasteiger partial charge in [-0.25, -0.2) is 19.4 Å². The van der Waals surface area contributed by atoms with Gasteiger partial charge in [0.05, 0.1) is 35.4 Å². The molecule has 1 aliphatic heterocycles. The number of fused-ring (bicyclic) bond motifs is 1. The van der Waals surface area contributed by atoms with E-state index in [4.69, 9.17) is 9.72 Å². The lowest BCUT2D eigenvalue weighted by Crippen LogP contribution is -2.39. The molecule has 0 aromatic carbocycles. The molecule has 1 amide bonds. The average Bonchev–Trinajstić information content (AvgIpc) is 3.11. The van der Waals surface area contributed by atoms with Gasteiger partial charge in [0.25, 0.3) is 0 Å². The second-order valence-electron chi connectivity index (χ2n) is 10.1. The van der Waals surface area contributed by atoms with Crippen LogP contribution in [-0.4, -0.2) is 72.5 Å². The number of halogens is 1. The van der Waals surface area contributed by atoms with Gasteiger partial charge in [0.2, 0.25) is 5.95 Å². The molecule has 0 radical (unpaired) electrons. The number of aryl methyl sites for hydroxylation is 1. The zero-order valence-corrected chi connectivity index (χ0v) is 21.3. The molecular formula is C26H29FN8O2. The largest absolute Gasteiger partial charge is 0.444 e. The molecule has 10 nitrogen and oxygen atoms in total. The maximum Gasteiger partial charge on any atom is 0.410 e. The van der Waals surface area contributed by atoms with Gasteiger partial charge in [0.15, 0.2) is 5.82 Å². The molecule has 0 aliphatic carbocycles. The molecule has 11 heteroatoms. The molecule has 5 heterocycles. The minimum Gasteiger partial charge on any atom is -0.444 e. The molecular weight excluding hydrogens is 475 g/mol. The van der Waals surface area contributed by atoms with Crippen LogP contribution in [0.25, 0.3) is 28.0 Å². The number of pyridine rings is 2. The highest BCUT2D eigenvalue weighted by Gasteiger charge is 2.25. The minimum absolute atomic E-state index is 0.304. The molecule has 4 aromatic heterocycles. The Morgan fingerprint density at radius 3 is 2.59 bits per heavy atom. The van der Waals surface area contributed by atoms with E-state index >= 15 is 0 Å². The number of aromatic nitrogens is 6. The van der Waals surface area contributed by atoms with Crippen LogP contribution < -0.4 is 4.90 Å². The highest BCUT2D eigenvalue weighted by Crippen LogP contribution is 2.26. The normalized spacial score (nSPS) is 14.6. The minimum atomic E-state index is -0.577. The molecule has 0 unspecified atom stereocenters. The first-order valence-corrected chi connectivity index (χ1v) is 12.2. The maximum atomic E-state index is 14.4. The fraction of sp³-hybridized carbons (Fsp3) is 0.385. The molecule has 192 valence electrons. The van der Waals surface area contributed by atoms with E-state index in [9.17, 15) is 9.18 Å². The second kappa shape index (κ2) is 9.72. The van der Waals surface area contributed by atoms with E-state index in [2.05, 4.69) is 25.0 Å². The highest BCUT2D eigenvalue weighted by molar-refractivity contribution is 5.83. The molecule has 4 aromatic rings. The van der Waals surface area contributed by atoms with Crippen LogP contribution in [-0.2, 0) is 4.74 Å². The second-order valence-corrected chi connectivity index (χ2v) is 10.1. The Bertz CT molecular complexity index is 1450. The summed E-state index contributed by atoms with van der Waals surface area (Å²) < 4.78 is 21.6. The van der Waals surface area contributed by atoms with E-state index in [0.717, 1.165) is 29.4 Å². The average molecular weight is 505 g/mol. The number of hydrogen-bond donors (Lipinski definition) is 0. The lowest BCUT2D eigenvalue weighted by Gasteiger charge is -2.26. The molecule has 37 heavy (non-hydrogen) atoms. The van der Waals surface area contributed by atoms with Crippen molar-refractivity contribution in [2.45, 2.75) is 39.7 Å². The van der Waals surface area contributed by atoms with E-state index in [1.165, 1.54) is 6.20 Å². The van der Waals surface area contributed by atoms with Gasteiger partial charge in [-0.1, -0.05) is 0 Å². The predicted octanol–water partition coefficient (Wildman–Crippen LogP) is 4.17. The Labute approximate surface area is 214 Å². The third-order valence-corrected chi connectivity index (χ3v) is 6.00. The summed E-state index contributed by atoms with van der Waals surface area (Å²) in [5, 5.41) is 5.28. The molecule has 0 spiro atoms. The Morgan fingerprint density at radius 2 is 1.78 bits per heavy atom. The van der Waals surface area contributed by atoms with E-state index in [1.807, 2.05) is 27.7 Å². The van der Waals surface area contributed by atoms with E-state index in [-0.39, 0.29) is 6.09 Å². The maximum absolute atomic E-state index is 14.4. The molecule has 0 N–H and O–H groups in total. The summed E-state index contributed by atoms with van der Waals surface area (Å²) >= 11 is 0. The molecule has 1 saturated heterocycles. The third kappa shape index (κ3) is 5.35. The zero-order valence-electron chi connectivity index (χ0n) is 21.3. The van der Waals surface area contributed by atoms with Crippen molar-refractivity contribution in [1.29, 1.82) is 0 Å². The summed E-state index contributed by atoms with van der Waals surface area (Å²) in [6.07, 6.45) is 8.65. The quantitative estimate of drug-likeness (QED) is 0.383. The first kappa shape index (κ1) is 24.5. The summed E-state index contributed by atoms with van der Waals surface area (Å²) in [4.78, 5) is 33.8. The van der Waals surface area contributed by atoms with Gasteiger partial charge in [-0.2, -0.15) is 9.49 Å². The van der Waals surface area contributed by atoms with E-state index < -0.39 is 11.5 Å². The third-order valence-electron chi connectivity index (χ3n) is 6.00. The van der Waals surface area contributed by atoms with Crippen LogP contribution in [0.2, 0.25) is 0 Å². The van der Waals surface area contributed by atoms with Gasteiger partial charge in [-0.05, 0) is 51.8 Å². The van der Waals surface area contributed by atoms with Gasteiger partial charge in [-0.3, -0.25) is 9.97 Å². The molecule has 0 bridgehead atoms. The first-order valence-electron chi connectivity index (χ1n) is 12.2. The van der Waals surface area contributed by atoms with Crippen LogP contribution in [0.15, 0.2) is 43.1 Å². The molecule has 1 aliphatic rings. The van der Waals surface area contributed by atoms with Crippen molar-refractivity contribution in [3.05, 3.63) is 54.6 Å². The molecule has 0 atom stereocenters. The Morgan fingerprint density at radius 1 is 0.973 bits per heavy atom.